The predicted molar refractivity (Wildman–Crippen MR) is 52.0 cm³/mol. The molecule has 1 atom stereocenters. The zero-order valence-corrected chi connectivity index (χ0v) is 9.45. The molecule has 0 amide bonds. The Balaban J connectivity index is 3.24. The maximum Gasteiger partial charge on any atom is 0.435 e. The molecule has 0 fully saturated rings. The second-order valence-electron chi connectivity index (χ2n) is 3.46. The maximum absolute atomic E-state index is 12.5. The van der Waals surface area contributed by atoms with Gasteiger partial charge in [-0.3, -0.25) is 4.68 Å². The summed E-state index contributed by atoms with van der Waals surface area (Å²) in [7, 11) is 0. The van der Waals surface area contributed by atoms with Gasteiger partial charge in [0, 0.05) is 5.56 Å². The average molecular weight is 241 g/mol. The summed E-state index contributed by atoms with van der Waals surface area (Å²) in [5.74, 6) is 0. The molecule has 1 aromatic heterocycles. The highest BCUT2D eigenvalue weighted by Crippen LogP contribution is 2.35. The number of halogens is 4. The van der Waals surface area contributed by atoms with Crippen LogP contribution >= 0.6 is 11.6 Å². The third kappa shape index (κ3) is 2.27. The van der Waals surface area contributed by atoms with E-state index in [2.05, 4.69) is 5.10 Å². The average Bonchev–Trinajstić information content (AvgIpc) is 2.42. The second-order valence-corrected chi connectivity index (χ2v) is 3.82. The van der Waals surface area contributed by atoms with Crippen LogP contribution in [0.1, 0.15) is 37.6 Å². The number of hydrogen-bond donors (Lipinski definition) is 0. The topological polar surface area (TPSA) is 17.8 Å². The molecule has 6 heteroatoms. The van der Waals surface area contributed by atoms with Crippen molar-refractivity contribution in [2.45, 2.75) is 39.4 Å². The van der Waals surface area contributed by atoms with E-state index in [1.165, 1.54) is 11.6 Å². The van der Waals surface area contributed by atoms with Crippen molar-refractivity contribution in [3.63, 3.8) is 0 Å². The van der Waals surface area contributed by atoms with Crippen LogP contribution in [0.2, 0.25) is 5.15 Å². The Morgan fingerprint density at radius 1 is 1.47 bits per heavy atom. The van der Waals surface area contributed by atoms with Gasteiger partial charge >= 0.3 is 6.18 Å². The minimum absolute atomic E-state index is 0.00975. The van der Waals surface area contributed by atoms with Crippen LogP contribution in [0.25, 0.3) is 0 Å². The van der Waals surface area contributed by atoms with Crippen LogP contribution in [0.4, 0.5) is 13.2 Å². The Bertz CT molecular complexity index is 357. The Hall–Kier alpha value is -0.710. The lowest BCUT2D eigenvalue weighted by Crippen LogP contribution is -2.10. The normalized spacial score (nSPS) is 14.3. The van der Waals surface area contributed by atoms with Crippen LogP contribution in [-0.2, 0) is 6.18 Å². The lowest BCUT2D eigenvalue weighted by atomic mass is 10.2. The summed E-state index contributed by atoms with van der Waals surface area (Å²) in [5, 5.41) is 3.58. The number of rotatable bonds is 2. The van der Waals surface area contributed by atoms with Crippen molar-refractivity contribution in [1.82, 2.24) is 9.78 Å². The summed E-state index contributed by atoms with van der Waals surface area (Å²) in [6.07, 6.45) is -3.76. The molecule has 0 saturated carbocycles. The van der Waals surface area contributed by atoms with Crippen molar-refractivity contribution in [2.75, 3.05) is 0 Å². The van der Waals surface area contributed by atoms with Crippen molar-refractivity contribution in [3.8, 4) is 0 Å². The standard InChI is InChI=1S/C9H12ClF3N2/c1-4-5(2)15-8(10)6(3)7(14-15)9(11,12)13/h5H,4H2,1-3H3. The summed E-state index contributed by atoms with van der Waals surface area (Å²) in [5.41, 5.74) is -0.905. The Morgan fingerprint density at radius 2 is 2.00 bits per heavy atom. The van der Waals surface area contributed by atoms with E-state index in [-0.39, 0.29) is 16.8 Å². The van der Waals surface area contributed by atoms with Gasteiger partial charge in [0.25, 0.3) is 0 Å². The monoisotopic (exact) mass is 240 g/mol. The molecule has 0 radical (unpaired) electrons. The molecule has 0 aliphatic rings. The van der Waals surface area contributed by atoms with Crippen LogP contribution < -0.4 is 0 Å². The third-order valence-electron chi connectivity index (χ3n) is 2.35. The molecule has 1 aromatic rings. The highest BCUT2D eigenvalue weighted by atomic mass is 35.5. The fraction of sp³-hybridized carbons (Fsp3) is 0.667. The summed E-state index contributed by atoms with van der Waals surface area (Å²) in [6, 6.07) is -0.132. The largest absolute Gasteiger partial charge is 0.435 e. The number of alkyl halides is 3. The molecule has 0 aliphatic carbocycles. The van der Waals surface area contributed by atoms with Gasteiger partial charge in [-0.2, -0.15) is 18.3 Å². The SMILES string of the molecule is CCC(C)n1nc(C(F)(F)F)c(C)c1Cl. The maximum atomic E-state index is 12.5. The minimum atomic E-state index is -4.44. The van der Waals surface area contributed by atoms with Crippen LogP contribution in [0.3, 0.4) is 0 Å². The van der Waals surface area contributed by atoms with Crippen molar-refractivity contribution in [1.29, 1.82) is 0 Å². The first-order valence-corrected chi connectivity index (χ1v) is 4.98. The van der Waals surface area contributed by atoms with Gasteiger partial charge in [0.15, 0.2) is 5.69 Å². The van der Waals surface area contributed by atoms with Gasteiger partial charge < -0.3 is 0 Å². The Kier molecular flexibility index (Phi) is 3.33. The van der Waals surface area contributed by atoms with Gasteiger partial charge in [0.05, 0.1) is 6.04 Å². The zero-order valence-electron chi connectivity index (χ0n) is 8.69. The Labute approximate surface area is 91.0 Å². The smallest absolute Gasteiger partial charge is 0.250 e. The molecule has 0 N–H and O–H groups in total. The fourth-order valence-corrected chi connectivity index (χ4v) is 1.52. The van der Waals surface area contributed by atoms with Crippen LogP contribution in [0.15, 0.2) is 0 Å². The molecule has 2 nitrogen and oxygen atoms in total. The van der Waals surface area contributed by atoms with Gasteiger partial charge in [-0.15, -0.1) is 0 Å². The molecular weight excluding hydrogens is 229 g/mol. The second kappa shape index (κ2) is 4.04. The first-order chi connectivity index (χ1) is 6.79. The molecule has 15 heavy (non-hydrogen) atoms. The molecule has 1 heterocycles. The highest BCUT2D eigenvalue weighted by molar-refractivity contribution is 6.30. The minimum Gasteiger partial charge on any atom is -0.250 e. The van der Waals surface area contributed by atoms with Gasteiger partial charge in [0.1, 0.15) is 5.15 Å². The highest BCUT2D eigenvalue weighted by Gasteiger charge is 2.37. The van der Waals surface area contributed by atoms with E-state index in [1.54, 1.807) is 6.92 Å². The van der Waals surface area contributed by atoms with E-state index in [0.717, 1.165) is 0 Å². The quantitative estimate of drug-likeness (QED) is 0.768. The third-order valence-corrected chi connectivity index (χ3v) is 2.81. The molecular formula is C9H12ClF3N2. The molecule has 0 spiro atoms. The molecule has 1 rings (SSSR count). The van der Waals surface area contributed by atoms with E-state index in [0.29, 0.717) is 6.42 Å². The van der Waals surface area contributed by atoms with E-state index < -0.39 is 11.9 Å². The Morgan fingerprint density at radius 3 is 2.33 bits per heavy atom. The fourth-order valence-electron chi connectivity index (χ4n) is 1.23. The molecule has 0 aliphatic heterocycles. The van der Waals surface area contributed by atoms with Gasteiger partial charge in [0.2, 0.25) is 0 Å². The van der Waals surface area contributed by atoms with Crippen molar-refractivity contribution in [2.24, 2.45) is 0 Å². The van der Waals surface area contributed by atoms with Crippen LogP contribution in [0, 0.1) is 6.92 Å². The lowest BCUT2D eigenvalue weighted by Gasteiger charge is -2.10. The van der Waals surface area contributed by atoms with E-state index in [9.17, 15) is 13.2 Å². The van der Waals surface area contributed by atoms with Crippen molar-refractivity contribution in [3.05, 3.63) is 16.4 Å². The summed E-state index contributed by atoms with van der Waals surface area (Å²) < 4.78 is 38.6. The van der Waals surface area contributed by atoms with Crippen LogP contribution in [0.5, 0.6) is 0 Å². The van der Waals surface area contributed by atoms with E-state index in [4.69, 9.17) is 11.6 Å². The van der Waals surface area contributed by atoms with Crippen molar-refractivity contribution < 1.29 is 13.2 Å². The summed E-state index contributed by atoms with van der Waals surface area (Å²) in [6.45, 7) is 4.97. The molecule has 1 unspecified atom stereocenters. The van der Waals surface area contributed by atoms with Crippen molar-refractivity contribution >= 4 is 11.6 Å². The molecule has 0 aromatic carbocycles. The van der Waals surface area contributed by atoms with Gasteiger partial charge in [-0.05, 0) is 20.3 Å². The molecule has 0 saturated heterocycles. The summed E-state index contributed by atoms with van der Waals surface area (Å²) >= 11 is 5.79. The lowest BCUT2D eigenvalue weighted by molar-refractivity contribution is -0.142. The van der Waals surface area contributed by atoms with Gasteiger partial charge in [-0.25, -0.2) is 0 Å². The molecule has 0 bridgehead atoms. The van der Waals surface area contributed by atoms with E-state index >= 15 is 0 Å². The number of nitrogens with zero attached hydrogens (tertiary/aromatic N) is 2. The zero-order chi connectivity index (χ0) is 11.8. The van der Waals surface area contributed by atoms with Crippen LogP contribution in [-0.4, -0.2) is 9.78 Å². The predicted octanol–water partition coefficient (Wildman–Crippen LogP) is 3.83. The first kappa shape index (κ1) is 12.4. The molecule has 86 valence electrons. The number of aromatic nitrogens is 2. The number of hydrogen-bond acceptors (Lipinski definition) is 1. The summed E-state index contributed by atoms with van der Waals surface area (Å²) in [4.78, 5) is 0. The van der Waals surface area contributed by atoms with Gasteiger partial charge in [-0.1, -0.05) is 18.5 Å². The first-order valence-electron chi connectivity index (χ1n) is 4.60. The van der Waals surface area contributed by atoms with E-state index in [1.807, 2.05) is 6.92 Å².